The predicted octanol–water partition coefficient (Wildman–Crippen LogP) is 5.23. The Morgan fingerprint density at radius 3 is 1.28 bits per heavy atom. The molecule has 0 atom stereocenters. The first-order chi connectivity index (χ1) is 15.8. The monoisotopic (exact) mass is 617 g/mol. The lowest BCUT2D eigenvalue weighted by atomic mass is 9.91. The van der Waals surface area contributed by atoms with E-state index in [9.17, 15) is 57.1 Å². The topological polar surface area (TPSA) is 3.88 Å². The summed E-state index contributed by atoms with van der Waals surface area (Å²) in [5.74, 6) is -36.3. The van der Waals surface area contributed by atoms with Crippen LogP contribution in [0.25, 0.3) is 0 Å². The molecular formula is C21H25BrF13N. The number of aromatic nitrogens is 1. The predicted molar refractivity (Wildman–Crippen MR) is 99.0 cm³/mol. The van der Waals surface area contributed by atoms with Crippen LogP contribution in [0.5, 0.6) is 0 Å². The van der Waals surface area contributed by atoms with Gasteiger partial charge in [0.15, 0.2) is 12.4 Å². The second kappa shape index (κ2) is 13.0. The molecule has 0 fully saturated rings. The van der Waals surface area contributed by atoms with Gasteiger partial charge in [-0.15, -0.1) is 0 Å². The van der Waals surface area contributed by atoms with Crippen molar-refractivity contribution in [1.82, 2.24) is 0 Å². The van der Waals surface area contributed by atoms with Crippen molar-refractivity contribution >= 4 is 0 Å². The van der Waals surface area contributed by atoms with E-state index in [0.717, 1.165) is 25.8 Å². The number of nitrogens with zero attached hydrogens (tertiary/aromatic N) is 1. The van der Waals surface area contributed by atoms with Gasteiger partial charge in [-0.25, -0.2) is 4.57 Å². The van der Waals surface area contributed by atoms with Crippen LogP contribution in [0, 0.1) is 0 Å². The van der Waals surface area contributed by atoms with Crippen LogP contribution in [0.1, 0.15) is 57.8 Å². The molecule has 0 aromatic carbocycles. The normalized spacial score (nSPS) is 14.0. The van der Waals surface area contributed by atoms with Crippen LogP contribution < -0.4 is 21.5 Å². The number of hydrogen-bond donors (Lipinski definition) is 0. The van der Waals surface area contributed by atoms with Crippen molar-refractivity contribution in [1.29, 1.82) is 0 Å². The summed E-state index contributed by atoms with van der Waals surface area (Å²) in [7, 11) is 0. The highest BCUT2D eigenvalue weighted by Gasteiger charge is 2.90. The number of rotatable bonds is 15. The molecule has 0 aliphatic carbocycles. The van der Waals surface area contributed by atoms with Gasteiger partial charge in [-0.1, -0.05) is 38.2 Å². The lowest BCUT2D eigenvalue weighted by molar-refractivity contribution is -0.697. The molecular weight excluding hydrogens is 593 g/mol. The third-order valence-corrected chi connectivity index (χ3v) is 5.43. The molecule has 0 amide bonds. The Morgan fingerprint density at radius 2 is 0.833 bits per heavy atom. The molecule has 0 radical (unpaired) electrons. The van der Waals surface area contributed by atoms with E-state index in [1.165, 1.54) is 0 Å². The number of hydrogen-bond acceptors (Lipinski definition) is 0. The number of unbranched alkanes of at least 4 members (excludes halogenated alkanes) is 7. The highest BCUT2D eigenvalue weighted by Crippen LogP contribution is 2.60. The van der Waals surface area contributed by atoms with Crippen molar-refractivity contribution < 1.29 is 78.6 Å². The van der Waals surface area contributed by atoms with Crippen molar-refractivity contribution in [2.75, 3.05) is 0 Å². The smallest absolute Gasteiger partial charge is 0.460 e. The minimum Gasteiger partial charge on any atom is -1.00 e. The van der Waals surface area contributed by atoms with E-state index in [4.69, 9.17) is 0 Å². The molecule has 0 aliphatic heterocycles. The molecule has 15 heteroatoms. The Kier molecular flexibility index (Phi) is 12.5. The third-order valence-electron chi connectivity index (χ3n) is 5.43. The molecule has 0 bridgehead atoms. The summed E-state index contributed by atoms with van der Waals surface area (Å²) in [4.78, 5) is 0. The maximum Gasteiger partial charge on any atom is 0.460 e. The van der Waals surface area contributed by atoms with Gasteiger partial charge < -0.3 is 17.0 Å². The number of alkyl halides is 13. The van der Waals surface area contributed by atoms with E-state index >= 15 is 0 Å². The average Bonchev–Trinajstić information content (AvgIpc) is 2.74. The molecule has 1 aromatic rings. The summed E-state index contributed by atoms with van der Waals surface area (Å²) in [6.07, 6.45) is -2.92. The molecule has 0 saturated heterocycles. The zero-order chi connectivity index (χ0) is 27.2. The maximum absolute atomic E-state index is 13.7. The van der Waals surface area contributed by atoms with Gasteiger partial charge in [-0.2, -0.15) is 57.1 Å². The fourth-order valence-corrected chi connectivity index (χ4v) is 3.24. The number of pyridine rings is 1. The van der Waals surface area contributed by atoms with Gasteiger partial charge in [-0.05, 0) is 12.8 Å². The van der Waals surface area contributed by atoms with Gasteiger partial charge in [0.25, 0.3) is 0 Å². The number of aryl methyl sites for hydroxylation is 1. The summed E-state index contributed by atoms with van der Waals surface area (Å²) >= 11 is 0. The van der Waals surface area contributed by atoms with Gasteiger partial charge in [0.2, 0.25) is 0 Å². The minimum atomic E-state index is -7.83. The lowest BCUT2D eigenvalue weighted by Gasteiger charge is -2.39. The van der Waals surface area contributed by atoms with E-state index in [0.29, 0.717) is 12.8 Å². The van der Waals surface area contributed by atoms with Crippen LogP contribution >= 0.6 is 0 Å². The fraction of sp³-hybridized carbons (Fsp3) is 0.762. The summed E-state index contributed by atoms with van der Waals surface area (Å²) in [5, 5.41) is 0. The quantitative estimate of drug-likeness (QED) is 0.144. The molecule has 0 spiro atoms. The molecule has 1 nitrogen and oxygen atoms in total. The van der Waals surface area contributed by atoms with Crippen molar-refractivity contribution in [2.45, 2.75) is 100 Å². The third kappa shape index (κ3) is 7.62. The first kappa shape index (κ1) is 34.7. The molecule has 0 unspecified atom stereocenters. The van der Waals surface area contributed by atoms with E-state index in [1.54, 1.807) is 0 Å². The summed E-state index contributed by atoms with van der Waals surface area (Å²) in [5.41, 5.74) is 0. The fourth-order valence-electron chi connectivity index (χ4n) is 3.24. The number of halogens is 14. The lowest BCUT2D eigenvalue weighted by Crippen LogP contribution is -3.00. The highest BCUT2D eigenvalue weighted by atomic mass is 79.9. The molecule has 212 valence electrons. The summed E-state index contributed by atoms with van der Waals surface area (Å²) < 4.78 is 171. The second-order valence-corrected chi connectivity index (χ2v) is 8.19. The molecule has 1 heterocycles. The van der Waals surface area contributed by atoms with Crippen LogP contribution in [0.15, 0.2) is 30.6 Å². The molecule has 0 saturated carbocycles. The van der Waals surface area contributed by atoms with Crippen LogP contribution in [0.3, 0.4) is 0 Å². The van der Waals surface area contributed by atoms with E-state index in [2.05, 4.69) is 0 Å². The van der Waals surface area contributed by atoms with Gasteiger partial charge >= 0.3 is 35.8 Å². The van der Waals surface area contributed by atoms with E-state index in [-0.39, 0.29) is 29.8 Å². The van der Waals surface area contributed by atoms with Crippen molar-refractivity contribution in [2.24, 2.45) is 0 Å². The van der Waals surface area contributed by atoms with Crippen LogP contribution in [0.4, 0.5) is 57.1 Å². The van der Waals surface area contributed by atoms with Crippen molar-refractivity contribution in [3.8, 4) is 0 Å². The van der Waals surface area contributed by atoms with Gasteiger partial charge in [0, 0.05) is 25.0 Å². The first-order valence-corrected chi connectivity index (χ1v) is 10.7. The second-order valence-electron chi connectivity index (χ2n) is 8.19. The Morgan fingerprint density at radius 1 is 0.444 bits per heavy atom. The molecule has 0 aliphatic rings. The largest absolute Gasteiger partial charge is 1.00 e. The Labute approximate surface area is 209 Å². The average molecular weight is 618 g/mol. The van der Waals surface area contributed by atoms with Gasteiger partial charge in [0.05, 0.1) is 0 Å². The minimum absolute atomic E-state index is 0. The maximum atomic E-state index is 13.7. The van der Waals surface area contributed by atoms with Gasteiger partial charge in [-0.3, -0.25) is 0 Å². The molecule has 1 rings (SSSR count). The van der Waals surface area contributed by atoms with Gasteiger partial charge in [0.1, 0.15) is 6.54 Å². The van der Waals surface area contributed by atoms with E-state index < -0.39 is 48.6 Å². The zero-order valence-electron chi connectivity index (χ0n) is 18.7. The van der Waals surface area contributed by atoms with Crippen LogP contribution in [-0.4, -0.2) is 35.8 Å². The van der Waals surface area contributed by atoms with Crippen molar-refractivity contribution in [3.05, 3.63) is 30.6 Å². The SMILES string of the molecule is FC(F)(F)C(F)(F)C(F)(F)C(F)(F)C(F)(F)C(F)(F)CCCCCCCCCC[n+]1ccccc1.[Br-]. The Balaban J connectivity index is 0.0000122. The Hall–Kier alpha value is -1.28. The first-order valence-electron chi connectivity index (χ1n) is 10.7. The zero-order valence-corrected chi connectivity index (χ0v) is 20.3. The van der Waals surface area contributed by atoms with Crippen LogP contribution in [0.2, 0.25) is 0 Å². The molecule has 1 aromatic heterocycles. The summed E-state index contributed by atoms with van der Waals surface area (Å²) in [6.45, 7) is 0.780. The Bertz CT molecular complexity index is 767. The standard InChI is InChI=1S/C21H25F13N.BrH/c22-16(23,17(24,25)18(26,27)19(28,29)20(30,31)21(32,33)34)12-8-5-3-1-2-4-6-9-13-35-14-10-7-11-15-35;/h7,10-11,14-15H,1-6,8-9,12-13H2;1H/q+1;/p-1. The highest BCUT2D eigenvalue weighted by molar-refractivity contribution is 5.10. The molecule has 0 N–H and O–H groups in total. The van der Waals surface area contributed by atoms with Crippen molar-refractivity contribution in [3.63, 3.8) is 0 Å². The summed E-state index contributed by atoms with van der Waals surface area (Å²) in [6, 6.07) is 5.59. The molecule has 36 heavy (non-hydrogen) atoms. The van der Waals surface area contributed by atoms with Crippen LogP contribution in [-0.2, 0) is 6.54 Å². The van der Waals surface area contributed by atoms with E-state index in [1.807, 2.05) is 35.2 Å².